The van der Waals surface area contributed by atoms with Gasteiger partial charge in [-0.2, -0.15) is 0 Å². The summed E-state index contributed by atoms with van der Waals surface area (Å²) < 4.78 is 5.72. The van der Waals surface area contributed by atoms with Gasteiger partial charge in [-0.05, 0) is 22.7 Å². The van der Waals surface area contributed by atoms with Crippen LogP contribution in [0.1, 0.15) is 0 Å². The van der Waals surface area contributed by atoms with Crippen LogP contribution in [-0.2, 0) is 4.74 Å². The summed E-state index contributed by atoms with van der Waals surface area (Å²) >= 11 is 3.87. The van der Waals surface area contributed by atoms with Crippen molar-refractivity contribution in [2.24, 2.45) is 11.8 Å². The molecule has 0 amide bonds. The van der Waals surface area contributed by atoms with E-state index in [-0.39, 0.29) is 0 Å². The molecule has 0 aliphatic carbocycles. The van der Waals surface area contributed by atoms with Gasteiger partial charge in [0.25, 0.3) is 0 Å². The molecule has 0 saturated heterocycles. The summed E-state index contributed by atoms with van der Waals surface area (Å²) in [4.78, 5) is 0. The lowest BCUT2D eigenvalue weighted by molar-refractivity contribution is 0.115. The summed E-state index contributed by atoms with van der Waals surface area (Å²) in [5, 5.41) is 5.09. The average molecular weight is 238 g/mol. The minimum Gasteiger partial charge on any atom is -0.369 e. The van der Waals surface area contributed by atoms with Crippen LogP contribution in [0.25, 0.3) is 0 Å². The molecule has 4 atom stereocenters. The molecular formula is C12H14OS2. The highest BCUT2D eigenvalue weighted by Crippen LogP contribution is 2.42. The number of hydrogen-bond acceptors (Lipinski definition) is 3. The van der Waals surface area contributed by atoms with E-state index in [1.165, 1.54) is 5.75 Å². The first-order valence-electron chi connectivity index (χ1n) is 5.34. The van der Waals surface area contributed by atoms with E-state index in [1.54, 1.807) is 0 Å². The molecule has 4 unspecified atom stereocenters. The van der Waals surface area contributed by atoms with E-state index < -0.39 is 0 Å². The van der Waals surface area contributed by atoms with Crippen molar-refractivity contribution in [2.75, 3.05) is 12.4 Å². The highest BCUT2D eigenvalue weighted by atomic mass is 32.2. The van der Waals surface area contributed by atoms with Crippen molar-refractivity contribution < 1.29 is 4.74 Å². The van der Waals surface area contributed by atoms with Crippen molar-refractivity contribution in [3.8, 4) is 0 Å². The van der Waals surface area contributed by atoms with Crippen molar-refractivity contribution in [3.05, 3.63) is 35.1 Å². The Morgan fingerprint density at radius 3 is 2.87 bits per heavy atom. The minimum absolute atomic E-state index is 0.328. The summed E-state index contributed by atoms with van der Waals surface area (Å²) in [6.45, 7) is 0.795. The van der Waals surface area contributed by atoms with Crippen molar-refractivity contribution in [1.82, 2.24) is 0 Å². The van der Waals surface area contributed by atoms with Gasteiger partial charge in [0.05, 0.1) is 12.7 Å². The van der Waals surface area contributed by atoms with Crippen LogP contribution in [0.4, 0.5) is 0 Å². The molecule has 0 N–H and O–H groups in total. The fraction of sp³-hybridized carbons (Fsp3) is 0.500. The highest BCUT2D eigenvalue weighted by molar-refractivity contribution is 8.03. The van der Waals surface area contributed by atoms with Gasteiger partial charge in [0.2, 0.25) is 0 Å². The molecule has 3 heteroatoms. The smallest absolute Gasteiger partial charge is 0.0888 e. The molecule has 0 fully saturated rings. The summed E-state index contributed by atoms with van der Waals surface area (Å²) in [5.74, 6) is 2.61. The molecule has 0 radical (unpaired) electrons. The Morgan fingerprint density at radius 1 is 1.13 bits per heavy atom. The lowest BCUT2D eigenvalue weighted by atomic mass is 9.88. The molecule has 0 aromatic carbocycles. The summed E-state index contributed by atoms with van der Waals surface area (Å²) in [7, 11) is 0. The second kappa shape index (κ2) is 4.40. The van der Waals surface area contributed by atoms with E-state index in [2.05, 4.69) is 35.1 Å². The third-order valence-electron chi connectivity index (χ3n) is 3.16. The fourth-order valence-electron chi connectivity index (χ4n) is 2.34. The number of ether oxygens (including phenoxy) is 1. The zero-order valence-electron chi connectivity index (χ0n) is 8.41. The van der Waals surface area contributed by atoms with Gasteiger partial charge < -0.3 is 4.74 Å². The zero-order valence-corrected chi connectivity index (χ0v) is 10.0. The first kappa shape index (κ1) is 10.1. The lowest BCUT2D eigenvalue weighted by Gasteiger charge is -2.26. The van der Waals surface area contributed by atoms with Gasteiger partial charge >= 0.3 is 0 Å². The number of rotatable bonds is 2. The van der Waals surface area contributed by atoms with Crippen LogP contribution in [-0.4, -0.2) is 23.7 Å². The fourth-order valence-corrected chi connectivity index (χ4v) is 4.58. The van der Waals surface area contributed by atoms with Crippen molar-refractivity contribution in [1.29, 1.82) is 0 Å². The van der Waals surface area contributed by atoms with Crippen LogP contribution >= 0.6 is 23.5 Å². The Morgan fingerprint density at radius 2 is 2.13 bits per heavy atom. The normalized spacial score (nSPS) is 43.2. The summed E-state index contributed by atoms with van der Waals surface area (Å²) in [6, 6.07) is 0. The van der Waals surface area contributed by atoms with Gasteiger partial charge in [-0.15, -0.1) is 23.5 Å². The van der Waals surface area contributed by atoms with Crippen molar-refractivity contribution in [3.63, 3.8) is 0 Å². The maximum atomic E-state index is 5.72. The SMILES string of the molecule is C1=CC(C2SC=CC2C2C=CSC2)OC1. The molecule has 80 valence electrons. The molecule has 3 aliphatic rings. The maximum absolute atomic E-state index is 5.72. The van der Waals surface area contributed by atoms with Crippen LogP contribution in [0.15, 0.2) is 35.1 Å². The van der Waals surface area contributed by atoms with E-state index in [9.17, 15) is 0 Å². The molecule has 0 aromatic rings. The maximum Gasteiger partial charge on any atom is 0.0888 e. The van der Waals surface area contributed by atoms with Crippen LogP contribution < -0.4 is 0 Å². The third kappa shape index (κ3) is 1.93. The second-order valence-electron chi connectivity index (χ2n) is 4.06. The second-order valence-corrected chi connectivity index (χ2v) is 6.09. The Hall–Kier alpha value is -0.120. The van der Waals surface area contributed by atoms with Crippen molar-refractivity contribution >= 4 is 23.5 Å². The largest absolute Gasteiger partial charge is 0.369 e. The molecule has 15 heavy (non-hydrogen) atoms. The monoisotopic (exact) mass is 238 g/mol. The predicted molar refractivity (Wildman–Crippen MR) is 68.0 cm³/mol. The van der Waals surface area contributed by atoms with Crippen molar-refractivity contribution in [2.45, 2.75) is 11.4 Å². The molecule has 3 aliphatic heterocycles. The average Bonchev–Trinajstić information content (AvgIpc) is 3.01. The van der Waals surface area contributed by atoms with Gasteiger partial charge in [0.15, 0.2) is 0 Å². The lowest BCUT2D eigenvalue weighted by Crippen LogP contribution is -2.31. The molecule has 3 rings (SSSR count). The van der Waals surface area contributed by atoms with Gasteiger partial charge in [0.1, 0.15) is 0 Å². The number of hydrogen-bond donors (Lipinski definition) is 0. The van der Waals surface area contributed by atoms with Crippen LogP contribution in [0.5, 0.6) is 0 Å². The van der Waals surface area contributed by atoms with Gasteiger partial charge in [0, 0.05) is 11.0 Å². The van der Waals surface area contributed by atoms with Crippen LogP contribution in [0, 0.1) is 11.8 Å². The zero-order chi connectivity index (χ0) is 10.1. The molecule has 0 saturated carbocycles. The minimum atomic E-state index is 0.328. The Kier molecular flexibility index (Phi) is 2.95. The Labute approximate surface area is 99.0 Å². The summed E-state index contributed by atoms with van der Waals surface area (Å²) in [5.41, 5.74) is 0. The standard InChI is InChI=1S/C12H14OS2/c1-2-11(13-5-1)12-10(4-7-15-12)9-3-6-14-8-9/h1-4,6-7,9-12H,5,8H2. The topological polar surface area (TPSA) is 9.23 Å². The van der Waals surface area contributed by atoms with E-state index in [1.807, 2.05) is 23.5 Å². The van der Waals surface area contributed by atoms with E-state index in [0.717, 1.165) is 6.61 Å². The van der Waals surface area contributed by atoms with E-state index in [4.69, 9.17) is 4.74 Å². The van der Waals surface area contributed by atoms with Crippen LogP contribution in [0.2, 0.25) is 0 Å². The Balaban J connectivity index is 1.72. The predicted octanol–water partition coefficient (Wildman–Crippen LogP) is 3.06. The number of thioether (sulfide) groups is 2. The first-order valence-corrected chi connectivity index (χ1v) is 7.33. The van der Waals surface area contributed by atoms with Gasteiger partial charge in [-0.3, -0.25) is 0 Å². The third-order valence-corrected chi connectivity index (χ3v) is 5.29. The molecule has 0 spiro atoms. The molecule has 0 bridgehead atoms. The molecule has 3 heterocycles. The quantitative estimate of drug-likeness (QED) is 0.684. The molecule has 1 nitrogen and oxygen atoms in total. The van der Waals surface area contributed by atoms with Crippen LogP contribution in [0.3, 0.4) is 0 Å². The molecular weight excluding hydrogens is 224 g/mol. The van der Waals surface area contributed by atoms with E-state index in [0.29, 0.717) is 23.2 Å². The highest BCUT2D eigenvalue weighted by Gasteiger charge is 2.36. The first-order chi connectivity index (χ1) is 7.45. The molecule has 0 aromatic heterocycles. The summed E-state index contributed by atoms with van der Waals surface area (Å²) in [6.07, 6.45) is 9.42. The van der Waals surface area contributed by atoms with E-state index >= 15 is 0 Å². The van der Waals surface area contributed by atoms with Gasteiger partial charge in [-0.1, -0.05) is 24.3 Å². The van der Waals surface area contributed by atoms with Gasteiger partial charge in [-0.25, -0.2) is 0 Å². The number of allylic oxidation sites excluding steroid dienone is 2. The Bertz CT molecular complexity index is 322.